The molecule has 4 heteroatoms. The summed E-state index contributed by atoms with van der Waals surface area (Å²) in [6, 6.07) is 20.4. The van der Waals surface area contributed by atoms with E-state index in [2.05, 4.69) is 62.4 Å². The number of fused-ring (bicyclic) bond motifs is 8. The standard InChI is InChI=1S/C31H25NO3/c1-17-3-11-23-26(13-17)27-14-18(2)4-12-24(27)29-28(23)32-30(35-29)20-7-9-22(10-8-20)34-31(33)25-16-19-5-6-21(25)15-19/h3-14,19,21,25H,15-16H2,1-2H3. The van der Waals surface area contributed by atoms with Gasteiger partial charge in [0.1, 0.15) is 11.3 Å². The van der Waals surface area contributed by atoms with E-state index in [1.807, 2.05) is 24.3 Å². The molecule has 7 rings (SSSR count). The molecule has 2 bridgehead atoms. The molecule has 0 radical (unpaired) electrons. The number of rotatable bonds is 3. The summed E-state index contributed by atoms with van der Waals surface area (Å²) in [7, 11) is 0. The SMILES string of the molecule is Cc1ccc2c(c1)c1cc(C)ccc1c1oc(-c3ccc(OC(=O)C4CC5C=CC4C5)cc3)nc21. The van der Waals surface area contributed by atoms with Gasteiger partial charge in [-0.25, -0.2) is 4.98 Å². The predicted molar refractivity (Wildman–Crippen MR) is 138 cm³/mol. The molecule has 2 aliphatic carbocycles. The van der Waals surface area contributed by atoms with Crippen molar-refractivity contribution in [2.24, 2.45) is 17.8 Å². The molecule has 1 saturated carbocycles. The highest BCUT2D eigenvalue weighted by Crippen LogP contribution is 2.44. The van der Waals surface area contributed by atoms with Gasteiger partial charge >= 0.3 is 5.97 Å². The molecule has 35 heavy (non-hydrogen) atoms. The minimum absolute atomic E-state index is 0.0180. The van der Waals surface area contributed by atoms with Crippen LogP contribution in [0.3, 0.4) is 0 Å². The smallest absolute Gasteiger partial charge is 0.314 e. The normalized spacial score (nSPS) is 20.9. The lowest BCUT2D eigenvalue weighted by Crippen LogP contribution is -2.23. The number of oxazole rings is 1. The highest BCUT2D eigenvalue weighted by Gasteiger charge is 2.40. The van der Waals surface area contributed by atoms with E-state index in [0.29, 0.717) is 23.5 Å². The lowest BCUT2D eigenvalue weighted by molar-refractivity contribution is -0.139. The van der Waals surface area contributed by atoms with Crippen LogP contribution in [0, 0.1) is 31.6 Å². The summed E-state index contributed by atoms with van der Waals surface area (Å²) >= 11 is 0. The molecule has 3 atom stereocenters. The second kappa shape index (κ2) is 7.54. The van der Waals surface area contributed by atoms with E-state index in [0.717, 1.165) is 40.3 Å². The summed E-state index contributed by atoms with van der Waals surface area (Å²) < 4.78 is 12.1. The summed E-state index contributed by atoms with van der Waals surface area (Å²) in [4.78, 5) is 17.6. The topological polar surface area (TPSA) is 52.3 Å². The van der Waals surface area contributed by atoms with Gasteiger partial charge in [-0.15, -0.1) is 0 Å². The first-order valence-electron chi connectivity index (χ1n) is 12.3. The first-order chi connectivity index (χ1) is 17.0. The number of nitrogens with zero attached hydrogens (tertiary/aromatic N) is 1. The van der Waals surface area contributed by atoms with E-state index in [9.17, 15) is 4.79 Å². The Morgan fingerprint density at radius 3 is 2.26 bits per heavy atom. The van der Waals surface area contributed by atoms with E-state index < -0.39 is 0 Å². The number of carbonyl (C=O) groups is 1. The molecule has 0 N–H and O–H groups in total. The van der Waals surface area contributed by atoms with E-state index in [1.165, 1.54) is 21.9 Å². The van der Waals surface area contributed by atoms with Crippen LogP contribution in [0.15, 0.2) is 77.2 Å². The molecular formula is C31H25NO3. The third-order valence-electron chi connectivity index (χ3n) is 7.67. The lowest BCUT2D eigenvalue weighted by atomic mass is 9.94. The fourth-order valence-electron chi connectivity index (χ4n) is 5.88. The number of aromatic nitrogens is 1. The maximum Gasteiger partial charge on any atom is 0.314 e. The van der Waals surface area contributed by atoms with Crippen molar-refractivity contribution < 1.29 is 13.9 Å². The maximum absolute atomic E-state index is 12.7. The Bertz CT molecular complexity index is 1600. The second-order valence-corrected chi connectivity index (χ2v) is 10.1. The average molecular weight is 460 g/mol. The molecular weight excluding hydrogens is 434 g/mol. The van der Waals surface area contributed by atoms with Crippen molar-refractivity contribution in [3.63, 3.8) is 0 Å². The molecule has 0 aliphatic heterocycles. The van der Waals surface area contributed by atoms with Crippen molar-refractivity contribution in [1.82, 2.24) is 4.98 Å². The number of carbonyl (C=O) groups excluding carboxylic acids is 1. The van der Waals surface area contributed by atoms with Crippen LogP contribution in [0.5, 0.6) is 5.75 Å². The lowest BCUT2D eigenvalue weighted by Gasteiger charge is -2.16. The number of hydrogen-bond acceptors (Lipinski definition) is 4. The van der Waals surface area contributed by atoms with Gasteiger partial charge in [0.25, 0.3) is 0 Å². The number of ether oxygens (including phenoxy) is 1. The molecule has 0 spiro atoms. The van der Waals surface area contributed by atoms with Gasteiger partial charge in [-0.2, -0.15) is 0 Å². The van der Waals surface area contributed by atoms with Crippen molar-refractivity contribution >= 4 is 38.6 Å². The highest BCUT2D eigenvalue weighted by molar-refractivity contribution is 6.23. The zero-order chi connectivity index (χ0) is 23.7. The molecule has 2 aliphatic rings. The van der Waals surface area contributed by atoms with E-state index in [1.54, 1.807) is 0 Å². The average Bonchev–Trinajstić information content (AvgIpc) is 3.61. The highest BCUT2D eigenvalue weighted by atomic mass is 16.5. The van der Waals surface area contributed by atoms with Crippen LogP contribution in [0.1, 0.15) is 24.0 Å². The Kier molecular flexibility index (Phi) is 4.41. The molecule has 172 valence electrons. The molecule has 4 aromatic carbocycles. The minimum atomic E-state index is -0.125. The van der Waals surface area contributed by atoms with E-state index >= 15 is 0 Å². The van der Waals surface area contributed by atoms with Crippen LogP contribution in [-0.4, -0.2) is 11.0 Å². The third-order valence-corrected chi connectivity index (χ3v) is 7.67. The fraction of sp³-hybridized carbons (Fsp3) is 0.226. The molecule has 0 amide bonds. The number of hydrogen-bond donors (Lipinski definition) is 0. The predicted octanol–water partition coefficient (Wildman–Crippen LogP) is 7.54. The quantitative estimate of drug-likeness (QED) is 0.121. The minimum Gasteiger partial charge on any atom is -0.435 e. The van der Waals surface area contributed by atoms with Crippen LogP contribution in [0.25, 0.3) is 44.1 Å². The van der Waals surface area contributed by atoms with Crippen molar-refractivity contribution in [2.45, 2.75) is 26.7 Å². The fourth-order valence-corrected chi connectivity index (χ4v) is 5.88. The Morgan fingerprint density at radius 1 is 0.857 bits per heavy atom. The number of benzene rings is 4. The van der Waals surface area contributed by atoms with Gasteiger partial charge in [0.2, 0.25) is 5.89 Å². The zero-order valence-electron chi connectivity index (χ0n) is 19.7. The van der Waals surface area contributed by atoms with Crippen molar-refractivity contribution in [2.75, 3.05) is 0 Å². The zero-order valence-corrected chi connectivity index (χ0v) is 19.7. The molecule has 5 aromatic rings. The van der Waals surface area contributed by atoms with Crippen molar-refractivity contribution in [3.8, 4) is 17.2 Å². The van der Waals surface area contributed by atoms with Crippen LogP contribution >= 0.6 is 0 Å². The Hall–Kier alpha value is -3.92. The van der Waals surface area contributed by atoms with Gasteiger partial charge in [0, 0.05) is 16.3 Å². The van der Waals surface area contributed by atoms with Crippen molar-refractivity contribution in [3.05, 3.63) is 83.9 Å². The van der Waals surface area contributed by atoms with Crippen LogP contribution in [0.2, 0.25) is 0 Å². The van der Waals surface area contributed by atoms with Crippen LogP contribution < -0.4 is 4.74 Å². The molecule has 0 saturated heterocycles. The number of aryl methyl sites for hydroxylation is 2. The molecule has 3 unspecified atom stereocenters. The van der Waals surface area contributed by atoms with Gasteiger partial charge in [0.15, 0.2) is 5.58 Å². The summed E-state index contributed by atoms with van der Waals surface area (Å²) in [5, 5.41) is 4.52. The summed E-state index contributed by atoms with van der Waals surface area (Å²) in [5.41, 5.74) is 4.95. The van der Waals surface area contributed by atoms with Crippen LogP contribution in [0.4, 0.5) is 0 Å². The Balaban J connectivity index is 1.26. The number of esters is 1. The Morgan fingerprint density at radius 2 is 1.57 bits per heavy atom. The van der Waals surface area contributed by atoms with Gasteiger partial charge in [-0.05, 0) is 73.6 Å². The summed E-state index contributed by atoms with van der Waals surface area (Å²) in [6.07, 6.45) is 6.39. The van der Waals surface area contributed by atoms with Gasteiger partial charge in [-0.3, -0.25) is 4.79 Å². The molecule has 4 nitrogen and oxygen atoms in total. The first-order valence-corrected chi connectivity index (χ1v) is 12.3. The Labute approximate surface area is 203 Å². The number of allylic oxidation sites excluding steroid dienone is 2. The molecule has 1 fully saturated rings. The van der Waals surface area contributed by atoms with Gasteiger partial charge < -0.3 is 9.15 Å². The van der Waals surface area contributed by atoms with Crippen molar-refractivity contribution in [1.29, 1.82) is 0 Å². The molecule has 1 heterocycles. The third kappa shape index (κ3) is 3.28. The second-order valence-electron chi connectivity index (χ2n) is 10.1. The van der Waals surface area contributed by atoms with E-state index in [-0.39, 0.29) is 11.9 Å². The molecule has 1 aromatic heterocycles. The monoisotopic (exact) mass is 459 g/mol. The van der Waals surface area contributed by atoms with Gasteiger partial charge in [0.05, 0.1) is 5.92 Å². The maximum atomic E-state index is 12.7. The van der Waals surface area contributed by atoms with Crippen LogP contribution in [-0.2, 0) is 4.79 Å². The first kappa shape index (κ1) is 20.5. The van der Waals surface area contributed by atoms with E-state index in [4.69, 9.17) is 14.1 Å². The largest absolute Gasteiger partial charge is 0.435 e. The summed E-state index contributed by atoms with van der Waals surface area (Å²) in [5.74, 6) is 1.85. The van der Waals surface area contributed by atoms with Gasteiger partial charge in [-0.1, -0.05) is 59.7 Å². The summed E-state index contributed by atoms with van der Waals surface area (Å²) in [6.45, 7) is 4.22.